The summed E-state index contributed by atoms with van der Waals surface area (Å²) < 4.78 is 0. The molecule has 2 aromatic rings. The highest BCUT2D eigenvalue weighted by molar-refractivity contribution is 5.68. The molecule has 6 heteroatoms. The Morgan fingerprint density at radius 3 is 1.44 bits per heavy atom. The van der Waals surface area contributed by atoms with Gasteiger partial charge in [-0.05, 0) is 11.1 Å². The molecule has 4 N–H and O–H groups in total. The molecule has 0 saturated carbocycles. The molecule has 0 fully saturated rings. The van der Waals surface area contributed by atoms with Crippen molar-refractivity contribution in [1.82, 2.24) is 0 Å². The molecule has 0 amide bonds. The van der Waals surface area contributed by atoms with E-state index >= 15 is 0 Å². The zero-order valence-electron chi connectivity index (χ0n) is 9.33. The summed E-state index contributed by atoms with van der Waals surface area (Å²) in [5.41, 5.74) is 1.71. The maximum Gasteiger partial charge on any atom is 0.164 e. The molecule has 2 aromatic carbocycles. The maximum absolute atomic E-state index is 10.9. The molecule has 6 nitrogen and oxygen atoms in total. The average molecular weight is 248 g/mol. The number of hydrogen-bond acceptors (Lipinski definition) is 4. The molecule has 0 spiro atoms. The summed E-state index contributed by atoms with van der Waals surface area (Å²) in [7, 11) is 0. The van der Waals surface area contributed by atoms with E-state index in [4.69, 9.17) is 10.4 Å². The van der Waals surface area contributed by atoms with E-state index in [-0.39, 0.29) is 11.4 Å². The van der Waals surface area contributed by atoms with E-state index in [1.165, 1.54) is 24.3 Å². The molecule has 0 aromatic heterocycles. The Morgan fingerprint density at radius 1 is 0.722 bits per heavy atom. The Morgan fingerprint density at radius 2 is 1.11 bits per heavy atom. The van der Waals surface area contributed by atoms with Crippen LogP contribution < -0.4 is 10.5 Å². The van der Waals surface area contributed by atoms with Gasteiger partial charge >= 0.3 is 0 Å². The zero-order valence-corrected chi connectivity index (χ0v) is 9.33. The van der Waals surface area contributed by atoms with Crippen LogP contribution >= 0.6 is 0 Å². The molecular weight excluding hydrogens is 236 g/mol. The normalized spacial score (nSPS) is 14.2. The molecule has 18 heavy (non-hydrogen) atoms. The summed E-state index contributed by atoms with van der Waals surface area (Å²) in [6, 6.07) is 12.8. The van der Waals surface area contributed by atoms with Crippen LogP contribution in [0.4, 0.5) is 11.4 Å². The average Bonchev–Trinajstić information content (AvgIpc) is 2.39. The summed E-state index contributed by atoms with van der Waals surface area (Å²) >= 11 is 0. The molecule has 0 radical (unpaired) electrons. The van der Waals surface area contributed by atoms with Gasteiger partial charge in [0, 0.05) is 24.3 Å². The third kappa shape index (κ3) is 2.71. The molecule has 0 saturated heterocycles. The number of quaternary nitrogens is 2. The fourth-order valence-corrected chi connectivity index (χ4v) is 1.66. The van der Waals surface area contributed by atoms with Crippen LogP contribution in [0.15, 0.2) is 48.5 Å². The second kappa shape index (κ2) is 5.23. The first kappa shape index (κ1) is 12.7. The van der Waals surface area contributed by atoms with Crippen LogP contribution in [0.25, 0.3) is 11.1 Å². The molecule has 2 atom stereocenters. The van der Waals surface area contributed by atoms with Gasteiger partial charge in [0.25, 0.3) is 0 Å². The lowest BCUT2D eigenvalue weighted by Crippen LogP contribution is -2.99. The Kier molecular flexibility index (Phi) is 3.68. The van der Waals surface area contributed by atoms with Gasteiger partial charge in [-0.2, -0.15) is 10.5 Å². The van der Waals surface area contributed by atoms with Gasteiger partial charge in [0.05, 0.1) is 0 Å². The largest absolute Gasteiger partial charge is 0.595 e. The molecule has 0 aliphatic carbocycles. The van der Waals surface area contributed by atoms with Gasteiger partial charge in [0.15, 0.2) is 11.4 Å². The molecule has 2 rings (SSSR count). The zero-order chi connectivity index (χ0) is 13.1. The summed E-state index contributed by atoms with van der Waals surface area (Å²) in [6.45, 7) is 0. The molecule has 0 bridgehead atoms. The van der Waals surface area contributed by atoms with Crippen molar-refractivity contribution < 1.29 is 20.9 Å². The van der Waals surface area contributed by atoms with Crippen molar-refractivity contribution in [2.75, 3.05) is 0 Å². The van der Waals surface area contributed by atoms with E-state index in [9.17, 15) is 10.4 Å². The Bertz CT molecular complexity index is 494. The summed E-state index contributed by atoms with van der Waals surface area (Å²) in [5, 5.41) is 37.5. The lowest BCUT2D eigenvalue weighted by molar-refractivity contribution is -0.991. The summed E-state index contributed by atoms with van der Waals surface area (Å²) in [6.07, 6.45) is 0. The van der Waals surface area contributed by atoms with Crippen LogP contribution in [0.5, 0.6) is 0 Å². The third-order valence-corrected chi connectivity index (χ3v) is 2.55. The van der Waals surface area contributed by atoms with Crippen LogP contribution in [0.2, 0.25) is 0 Å². The fourth-order valence-electron chi connectivity index (χ4n) is 1.66. The summed E-state index contributed by atoms with van der Waals surface area (Å²) in [5.74, 6) is 0. The predicted molar refractivity (Wildman–Crippen MR) is 63.4 cm³/mol. The van der Waals surface area contributed by atoms with Crippen molar-refractivity contribution in [3.8, 4) is 11.1 Å². The topological polar surface area (TPSA) is 95.5 Å². The van der Waals surface area contributed by atoms with Crippen molar-refractivity contribution in [3.63, 3.8) is 0 Å². The van der Waals surface area contributed by atoms with Crippen LogP contribution in [0.1, 0.15) is 0 Å². The van der Waals surface area contributed by atoms with Gasteiger partial charge in [-0.1, -0.05) is 24.3 Å². The van der Waals surface area contributed by atoms with Crippen molar-refractivity contribution in [1.29, 1.82) is 0 Å². The first-order chi connectivity index (χ1) is 8.58. The fraction of sp³-hybridized carbons (Fsp3) is 0. The van der Waals surface area contributed by atoms with E-state index in [0.29, 0.717) is 11.1 Å². The molecular formula is C12H12N2O4. The highest BCUT2D eigenvalue weighted by atomic mass is 16.8. The van der Waals surface area contributed by atoms with E-state index < -0.39 is 10.5 Å². The number of rotatable bonds is 3. The standard InChI is InChI=1S/C12H12N2O4/c15-13(16)11-5-1-3-9(7-11)10-4-2-6-12(8-10)14(17)18/h1-8,13-15,17H. The maximum atomic E-state index is 10.9. The molecule has 94 valence electrons. The highest BCUT2D eigenvalue weighted by Crippen LogP contribution is 2.22. The van der Waals surface area contributed by atoms with E-state index in [2.05, 4.69) is 0 Å². The second-order valence-electron chi connectivity index (χ2n) is 3.77. The summed E-state index contributed by atoms with van der Waals surface area (Å²) in [4.78, 5) is 0. The minimum Gasteiger partial charge on any atom is -0.595 e. The lowest BCUT2D eigenvalue weighted by atomic mass is 10.0. The van der Waals surface area contributed by atoms with Gasteiger partial charge in [-0.15, -0.1) is 0 Å². The van der Waals surface area contributed by atoms with E-state index in [0.717, 1.165) is 0 Å². The van der Waals surface area contributed by atoms with E-state index in [1.54, 1.807) is 24.3 Å². The van der Waals surface area contributed by atoms with Crippen molar-refractivity contribution >= 4 is 11.4 Å². The van der Waals surface area contributed by atoms with Gasteiger partial charge in [0.1, 0.15) is 0 Å². The molecule has 0 aliphatic rings. The van der Waals surface area contributed by atoms with Crippen LogP contribution in [-0.4, -0.2) is 10.4 Å². The minimum atomic E-state index is -1.01. The SMILES string of the molecule is [O-][NH+](O)c1cccc(-c2cccc([NH+]([O-])O)c2)c1. The smallest absolute Gasteiger partial charge is 0.164 e. The predicted octanol–water partition coefficient (Wildman–Crippen LogP) is 0.160. The van der Waals surface area contributed by atoms with Gasteiger partial charge < -0.3 is 10.4 Å². The van der Waals surface area contributed by atoms with Crippen molar-refractivity contribution in [2.24, 2.45) is 0 Å². The van der Waals surface area contributed by atoms with Crippen molar-refractivity contribution in [2.45, 2.75) is 0 Å². The Balaban J connectivity index is 2.42. The number of nitrogens with one attached hydrogen (secondary N) is 2. The van der Waals surface area contributed by atoms with Gasteiger partial charge in [0.2, 0.25) is 0 Å². The van der Waals surface area contributed by atoms with Gasteiger partial charge in [-0.3, -0.25) is 0 Å². The monoisotopic (exact) mass is 248 g/mol. The number of benzene rings is 2. The van der Waals surface area contributed by atoms with Crippen LogP contribution in [0, 0.1) is 10.4 Å². The lowest BCUT2D eigenvalue weighted by Gasteiger charge is -2.14. The van der Waals surface area contributed by atoms with Gasteiger partial charge in [-0.25, -0.2) is 10.4 Å². The number of hydrogen-bond donors (Lipinski definition) is 4. The second-order valence-corrected chi connectivity index (χ2v) is 3.77. The van der Waals surface area contributed by atoms with Crippen molar-refractivity contribution in [3.05, 3.63) is 58.9 Å². The first-order valence-corrected chi connectivity index (χ1v) is 5.25. The molecule has 2 unspecified atom stereocenters. The van der Waals surface area contributed by atoms with Crippen LogP contribution in [0.3, 0.4) is 0 Å². The molecule has 0 aliphatic heterocycles. The van der Waals surface area contributed by atoms with Crippen LogP contribution in [-0.2, 0) is 0 Å². The van der Waals surface area contributed by atoms with E-state index in [1.807, 2.05) is 0 Å². The quantitative estimate of drug-likeness (QED) is 0.582. The highest BCUT2D eigenvalue weighted by Gasteiger charge is 2.06. The molecule has 0 heterocycles. The Labute approximate surface area is 103 Å². The third-order valence-electron chi connectivity index (χ3n) is 2.55. The first-order valence-electron chi connectivity index (χ1n) is 5.25. The Hall–Kier alpha value is -1.80. The minimum absolute atomic E-state index is 0.174.